The Bertz CT molecular complexity index is 1190. The average Bonchev–Trinajstić information content (AvgIpc) is 3.06. The van der Waals surface area contributed by atoms with E-state index in [1.165, 1.54) is 7.05 Å². The van der Waals surface area contributed by atoms with Crippen molar-refractivity contribution in [1.29, 1.82) is 0 Å². The summed E-state index contributed by atoms with van der Waals surface area (Å²) in [4.78, 5) is 25.7. The van der Waals surface area contributed by atoms with Gasteiger partial charge in [0, 0.05) is 26.2 Å². The molecular weight excluding hydrogens is 388 g/mol. The number of imidazole rings is 1. The van der Waals surface area contributed by atoms with Gasteiger partial charge in [0.15, 0.2) is 17.0 Å². The SMILES string of the molecule is CNC(=O)[C@]12CC1[C@@H](n1cnc3c(NC)nc(C#Cc4cc[nH]n4)nc31)C(O)[C@@H]2O. The van der Waals surface area contributed by atoms with Gasteiger partial charge in [0.05, 0.1) is 23.9 Å². The zero-order chi connectivity index (χ0) is 21.0. The lowest BCUT2D eigenvalue weighted by Crippen LogP contribution is -2.41. The van der Waals surface area contributed by atoms with Crippen LogP contribution in [0.15, 0.2) is 18.6 Å². The second-order valence-corrected chi connectivity index (χ2v) is 7.54. The van der Waals surface area contributed by atoms with Crippen LogP contribution in [0.4, 0.5) is 5.82 Å². The summed E-state index contributed by atoms with van der Waals surface area (Å²) in [6.07, 6.45) is 1.44. The van der Waals surface area contributed by atoms with Crippen LogP contribution in [0.5, 0.6) is 0 Å². The number of aromatic amines is 1. The molecule has 2 saturated carbocycles. The summed E-state index contributed by atoms with van der Waals surface area (Å²) in [5.74, 6) is 6.04. The van der Waals surface area contributed by atoms with E-state index in [0.717, 1.165) is 0 Å². The van der Waals surface area contributed by atoms with E-state index in [-0.39, 0.29) is 17.6 Å². The third-order valence-corrected chi connectivity index (χ3v) is 6.10. The number of aromatic nitrogens is 6. The largest absolute Gasteiger partial charge is 0.389 e. The molecule has 1 amide bonds. The number of aliphatic hydroxyl groups excluding tert-OH is 2. The number of nitrogens with one attached hydrogen (secondary N) is 3. The summed E-state index contributed by atoms with van der Waals surface area (Å²) in [6, 6.07) is 1.20. The lowest BCUT2D eigenvalue weighted by molar-refractivity contribution is -0.132. The molecular formula is C19H20N8O3. The van der Waals surface area contributed by atoms with Crippen LogP contribution in [0, 0.1) is 23.2 Å². The molecule has 0 bridgehead atoms. The Morgan fingerprint density at radius 2 is 2.17 bits per heavy atom. The fraction of sp³-hybridized carbons (Fsp3) is 0.421. The third-order valence-electron chi connectivity index (χ3n) is 6.10. The minimum absolute atomic E-state index is 0.216. The standard InChI is InChI=1S/C19H20N8O3/c1-20-16-12-17(25-11(24-16)4-3-9-5-6-23-26-9)27(8-22-12)13-10-7-19(10,18(30)21-2)15(29)14(13)28/h5-6,8,10,13-15,28-29H,7H2,1-2H3,(H,21,30)(H,23,26)(H,20,24,25)/t10?,13-,14?,15+,19-/m1/s1. The molecule has 5 rings (SSSR count). The van der Waals surface area contributed by atoms with Crippen LogP contribution >= 0.6 is 0 Å². The Morgan fingerprint density at radius 1 is 1.33 bits per heavy atom. The monoisotopic (exact) mass is 408 g/mol. The van der Waals surface area contributed by atoms with Gasteiger partial charge in [0.2, 0.25) is 11.7 Å². The predicted octanol–water partition coefficient (Wildman–Crippen LogP) is -0.980. The molecule has 0 saturated heterocycles. The second-order valence-electron chi connectivity index (χ2n) is 7.54. The molecule has 154 valence electrons. The maximum absolute atomic E-state index is 12.4. The molecule has 3 heterocycles. The van der Waals surface area contributed by atoms with Crippen LogP contribution in [0.2, 0.25) is 0 Å². The van der Waals surface area contributed by atoms with Gasteiger partial charge in [0.1, 0.15) is 11.8 Å². The molecule has 30 heavy (non-hydrogen) atoms. The number of anilines is 1. The predicted molar refractivity (Wildman–Crippen MR) is 105 cm³/mol. The lowest BCUT2D eigenvalue weighted by Gasteiger charge is -2.23. The first-order valence-corrected chi connectivity index (χ1v) is 9.53. The molecule has 0 radical (unpaired) electrons. The van der Waals surface area contributed by atoms with Gasteiger partial charge < -0.3 is 25.4 Å². The molecule has 0 aromatic carbocycles. The highest BCUT2D eigenvalue weighted by atomic mass is 16.3. The van der Waals surface area contributed by atoms with Crippen molar-refractivity contribution in [2.45, 2.75) is 24.7 Å². The van der Waals surface area contributed by atoms with Gasteiger partial charge in [-0.3, -0.25) is 9.89 Å². The van der Waals surface area contributed by atoms with Gasteiger partial charge >= 0.3 is 0 Å². The van der Waals surface area contributed by atoms with E-state index in [0.29, 0.717) is 29.1 Å². The van der Waals surface area contributed by atoms with E-state index in [1.54, 1.807) is 30.2 Å². The lowest BCUT2D eigenvalue weighted by atomic mass is 9.98. The summed E-state index contributed by atoms with van der Waals surface area (Å²) >= 11 is 0. The molecule has 3 aromatic rings. The smallest absolute Gasteiger partial charge is 0.229 e. The zero-order valence-corrected chi connectivity index (χ0v) is 16.3. The van der Waals surface area contributed by atoms with Crippen molar-refractivity contribution < 1.29 is 15.0 Å². The van der Waals surface area contributed by atoms with Crippen molar-refractivity contribution in [3.8, 4) is 11.8 Å². The minimum atomic E-state index is -1.16. The molecule has 2 aliphatic carbocycles. The van der Waals surface area contributed by atoms with Crippen molar-refractivity contribution >= 4 is 22.9 Å². The quantitative estimate of drug-likeness (QED) is 0.347. The van der Waals surface area contributed by atoms with Crippen LogP contribution in [0.3, 0.4) is 0 Å². The fourth-order valence-corrected chi connectivity index (χ4v) is 4.60. The highest BCUT2D eigenvalue weighted by Crippen LogP contribution is 2.67. The summed E-state index contributed by atoms with van der Waals surface area (Å²) in [6.45, 7) is 0. The Kier molecular flexibility index (Phi) is 4.02. The van der Waals surface area contributed by atoms with Crippen molar-refractivity contribution in [2.75, 3.05) is 19.4 Å². The number of rotatable bonds is 3. The Hall–Kier alpha value is -3.49. The van der Waals surface area contributed by atoms with Crippen molar-refractivity contribution in [2.24, 2.45) is 11.3 Å². The van der Waals surface area contributed by atoms with E-state index in [2.05, 4.69) is 47.6 Å². The van der Waals surface area contributed by atoms with Crippen LogP contribution in [-0.2, 0) is 4.79 Å². The summed E-state index contributed by atoms with van der Waals surface area (Å²) in [5, 5.41) is 33.6. The molecule has 2 fully saturated rings. The first-order chi connectivity index (χ1) is 14.5. The van der Waals surface area contributed by atoms with Gasteiger partial charge in [-0.25, -0.2) is 15.0 Å². The summed E-state index contributed by atoms with van der Waals surface area (Å²) < 4.78 is 1.72. The van der Waals surface area contributed by atoms with Gasteiger partial charge in [-0.05, 0) is 24.3 Å². The molecule has 11 heteroatoms. The Labute approximate surface area is 170 Å². The molecule has 11 nitrogen and oxygen atoms in total. The van der Waals surface area contributed by atoms with Crippen LogP contribution < -0.4 is 10.6 Å². The number of amides is 1. The van der Waals surface area contributed by atoms with Crippen molar-refractivity contribution in [3.63, 3.8) is 0 Å². The highest BCUT2D eigenvalue weighted by Gasteiger charge is 2.75. The van der Waals surface area contributed by atoms with Gasteiger partial charge in [-0.1, -0.05) is 0 Å². The van der Waals surface area contributed by atoms with E-state index in [4.69, 9.17) is 0 Å². The fourth-order valence-electron chi connectivity index (χ4n) is 4.60. The average molecular weight is 408 g/mol. The number of aliphatic hydroxyl groups is 2. The number of nitrogens with zero attached hydrogens (tertiary/aromatic N) is 5. The molecule has 0 aliphatic heterocycles. The van der Waals surface area contributed by atoms with Crippen molar-refractivity contribution in [1.82, 2.24) is 35.0 Å². The molecule has 5 atom stereocenters. The number of fused-ring (bicyclic) bond motifs is 2. The van der Waals surface area contributed by atoms with Gasteiger partial charge in [-0.2, -0.15) is 5.10 Å². The van der Waals surface area contributed by atoms with E-state index in [1.807, 2.05) is 0 Å². The number of carbonyl (C=O) groups excluding carboxylic acids is 1. The molecule has 5 N–H and O–H groups in total. The minimum Gasteiger partial charge on any atom is -0.389 e. The molecule has 3 aromatic heterocycles. The molecule has 2 aliphatic rings. The number of hydrogen-bond donors (Lipinski definition) is 5. The Balaban J connectivity index is 1.59. The Morgan fingerprint density at radius 3 is 2.87 bits per heavy atom. The van der Waals surface area contributed by atoms with Gasteiger partial charge in [-0.15, -0.1) is 0 Å². The van der Waals surface area contributed by atoms with E-state index >= 15 is 0 Å². The highest BCUT2D eigenvalue weighted by molar-refractivity contribution is 5.88. The number of H-pyrrole nitrogens is 1. The summed E-state index contributed by atoms with van der Waals surface area (Å²) in [5.41, 5.74) is 0.566. The van der Waals surface area contributed by atoms with Crippen LogP contribution in [0.1, 0.15) is 24.0 Å². The first-order valence-electron chi connectivity index (χ1n) is 9.53. The molecule has 0 spiro atoms. The number of hydrogen-bond acceptors (Lipinski definition) is 8. The van der Waals surface area contributed by atoms with Crippen molar-refractivity contribution in [3.05, 3.63) is 30.1 Å². The normalized spacial score (nSPS) is 29.2. The van der Waals surface area contributed by atoms with Crippen LogP contribution in [0.25, 0.3) is 11.2 Å². The first kappa shape index (κ1) is 18.5. The maximum Gasteiger partial charge on any atom is 0.229 e. The maximum atomic E-state index is 12.4. The van der Waals surface area contributed by atoms with E-state index in [9.17, 15) is 15.0 Å². The van der Waals surface area contributed by atoms with E-state index < -0.39 is 23.7 Å². The molecule has 2 unspecified atom stereocenters. The topological polar surface area (TPSA) is 154 Å². The zero-order valence-electron chi connectivity index (χ0n) is 16.3. The second kappa shape index (κ2) is 6.51. The van der Waals surface area contributed by atoms with Crippen LogP contribution in [-0.4, -0.2) is 72.1 Å². The summed E-state index contributed by atoms with van der Waals surface area (Å²) in [7, 11) is 3.25. The van der Waals surface area contributed by atoms with Gasteiger partial charge in [0.25, 0.3) is 0 Å². The number of carbonyl (C=O) groups is 1. The third kappa shape index (κ3) is 2.44.